The molecular formula is C12H13N3O. The van der Waals surface area contributed by atoms with Crippen LogP contribution in [0.25, 0.3) is 5.82 Å². The van der Waals surface area contributed by atoms with Crippen LogP contribution < -0.4 is 5.56 Å². The molecule has 0 saturated carbocycles. The Kier molecular flexibility index (Phi) is 1.96. The van der Waals surface area contributed by atoms with E-state index in [1.54, 1.807) is 10.9 Å². The van der Waals surface area contributed by atoms with Crippen LogP contribution in [0.3, 0.4) is 0 Å². The SMILES string of the molecule is Cc1ccnc(-n2[nH]c3c(c2=O)CCC3)c1. The molecule has 2 heterocycles. The fourth-order valence-corrected chi connectivity index (χ4v) is 2.23. The van der Waals surface area contributed by atoms with E-state index < -0.39 is 0 Å². The van der Waals surface area contributed by atoms with Crippen molar-refractivity contribution in [2.75, 3.05) is 0 Å². The first-order valence-electron chi connectivity index (χ1n) is 5.51. The minimum Gasteiger partial charge on any atom is -0.293 e. The van der Waals surface area contributed by atoms with Gasteiger partial charge in [0.05, 0.1) is 0 Å². The third-order valence-corrected chi connectivity index (χ3v) is 3.06. The van der Waals surface area contributed by atoms with Crippen molar-refractivity contribution in [3.8, 4) is 5.82 Å². The maximum absolute atomic E-state index is 12.1. The van der Waals surface area contributed by atoms with Crippen LogP contribution in [0.1, 0.15) is 23.2 Å². The summed E-state index contributed by atoms with van der Waals surface area (Å²) < 4.78 is 1.55. The van der Waals surface area contributed by atoms with Crippen LogP contribution in [0, 0.1) is 6.92 Å². The molecule has 3 rings (SSSR count). The van der Waals surface area contributed by atoms with Crippen molar-refractivity contribution in [2.45, 2.75) is 26.2 Å². The predicted molar refractivity (Wildman–Crippen MR) is 60.9 cm³/mol. The molecule has 1 aliphatic carbocycles. The van der Waals surface area contributed by atoms with Gasteiger partial charge in [0.2, 0.25) is 0 Å². The molecule has 4 nitrogen and oxygen atoms in total. The van der Waals surface area contributed by atoms with E-state index in [9.17, 15) is 4.79 Å². The largest absolute Gasteiger partial charge is 0.293 e. The summed E-state index contributed by atoms with van der Waals surface area (Å²) in [6, 6.07) is 3.83. The van der Waals surface area contributed by atoms with Crippen molar-refractivity contribution >= 4 is 0 Å². The number of aryl methyl sites for hydroxylation is 2. The second-order valence-electron chi connectivity index (χ2n) is 4.25. The van der Waals surface area contributed by atoms with Gasteiger partial charge in [-0.1, -0.05) is 0 Å². The van der Waals surface area contributed by atoms with Crippen molar-refractivity contribution in [1.82, 2.24) is 14.8 Å². The van der Waals surface area contributed by atoms with Crippen molar-refractivity contribution in [1.29, 1.82) is 0 Å². The maximum Gasteiger partial charge on any atom is 0.276 e. The predicted octanol–water partition coefficient (Wildman–Crippen LogP) is 1.36. The van der Waals surface area contributed by atoms with E-state index in [-0.39, 0.29) is 5.56 Å². The van der Waals surface area contributed by atoms with Gasteiger partial charge in [0.1, 0.15) is 0 Å². The highest BCUT2D eigenvalue weighted by Gasteiger charge is 2.19. The molecule has 4 heteroatoms. The van der Waals surface area contributed by atoms with Gasteiger partial charge in [0.15, 0.2) is 5.82 Å². The normalized spacial score (nSPS) is 14.1. The number of nitrogens with zero attached hydrogens (tertiary/aromatic N) is 2. The van der Waals surface area contributed by atoms with E-state index >= 15 is 0 Å². The van der Waals surface area contributed by atoms with Crippen LogP contribution in [-0.4, -0.2) is 14.8 Å². The summed E-state index contributed by atoms with van der Waals surface area (Å²) >= 11 is 0. The van der Waals surface area contributed by atoms with Gasteiger partial charge in [0.25, 0.3) is 5.56 Å². The molecule has 0 radical (unpaired) electrons. The van der Waals surface area contributed by atoms with E-state index in [0.29, 0.717) is 5.82 Å². The van der Waals surface area contributed by atoms with Crippen LogP contribution in [0.2, 0.25) is 0 Å². The molecular weight excluding hydrogens is 202 g/mol. The van der Waals surface area contributed by atoms with Gasteiger partial charge in [-0.15, -0.1) is 0 Å². The highest BCUT2D eigenvalue weighted by molar-refractivity contribution is 5.31. The lowest BCUT2D eigenvalue weighted by Crippen LogP contribution is -2.18. The fourth-order valence-electron chi connectivity index (χ4n) is 2.23. The number of aromatic nitrogens is 3. The van der Waals surface area contributed by atoms with Gasteiger partial charge in [-0.3, -0.25) is 9.89 Å². The van der Waals surface area contributed by atoms with Crippen LogP contribution in [-0.2, 0) is 12.8 Å². The molecule has 0 fully saturated rings. The molecule has 1 N–H and O–H groups in total. The molecule has 0 bridgehead atoms. The molecule has 0 atom stereocenters. The Bertz CT molecular complexity index is 595. The van der Waals surface area contributed by atoms with E-state index in [1.165, 1.54) is 0 Å². The maximum atomic E-state index is 12.1. The Morgan fingerprint density at radius 1 is 1.44 bits per heavy atom. The third kappa shape index (κ3) is 1.30. The highest BCUT2D eigenvalue weighted by atomic mass is 16.1. The highest BCUT2D eigenvalue weighted by Crippen LogP contribution is 2.17. The standard InChI is InChI=1S/C12H13N3O/c1-8-5-6-13-11(7-8)15-12(16)9-3-2-4-10(9)14-15/h5-7,14H,2-4H2,1H3. The van der Waals surface area contributed by atoms with Crippen molar-refractivity contribution in [3.05, 3.63) is 45.5 Å². The molecule has 0 spiro atoms. The Balaban J connectivity index is 2.18. The van der Waals surface area contributed by atoms with Gasteiger partial charge in [-0.25, -0.2) is 9.67 Å². The molecule has 0 saturated heterocycles. The number of nitrogens with one attached hydrogen (secondary N) is 1. The number of fused-ring (bicyclic) bond motifs is 1. The van der Waals surface area contributed by atoms with Crippen LogP contribution in [0.15, 0.2) is 23.1 Å². The molecule has 0 aliphatic heterocycles. The molecule has 2 aromatic rings. The van der Waals surface area contributed by atoms with Crippen molar-refractivity contribution < 1.29 is 0 Å². The zero-order valence-corrected chi connectivity index (χ0v) is 9.16. The minimum atomic E-state index is 0.0607. The van der Waals surface area contributed by atoms with E-state index in [2.05, 4.69) is 10.1 Å². The summed E-state index contributed by atoms with van der Waals surface area (Å²) in [6.07, 6.45) is 4.68. The van der Waals surface area contributed by atoms with E-state index in [4.69, 9.17) is 0 Å². The zero-order chi connectivity index (χ0) is 11.1. The monoisotopic (exact) mass is 215 g/mol. The number of pyridine rings is 1. The second kappa shape index (κ2) is 3.33. The lowest BCUT2D eigenvalue weighted by molar-refractivity contribution is 0.762. The summed E-state index contributed by atoms with van der Waals surface area (Å²) in [5.74, 6) is 0.680. The summed E-state index contributed by atoms with van der Waals surface area (Å²) in [5, 5.41) is 3.15. The molecule has 0 unspecified atom stereocenters. The Labute approximate surface area is 92.9 Å². The molecule has 82 valence electrons. The Morgan fingerprint density at radius 2 is 2.31 bits per heavy atom. The van der Waals surface area contributed by atoms with E-state index in [1.807, 2.05) is 19.1 Å². The van der Waals surface area contributed by atoms with Crippen LogP contribution in [0.5, 0.6) is 0 Å². The number of H-pyrrole nitrogens is 1. The van der Waals surface area contributed by atoms with Gasteiger partial charge >= 0.3 is 0 Å². The molecule has 16 heavy (non-hydrogen) atoms. The first-order chi connectivity index (χ1) is 7.75. The van der Waals surface area contributed by atoms with Crippen LogP contribution >= 0.6 is 0 Å². The summed E-state index contributed by atoms with van der Waals surface area (Å²) in [6.45, 7) is 1.99. The quantitative estimate of drug-likeness (QED) is 0.780. The van der Waals surface area contributed by atoms with E-state index in [0.717, 1.165) is 36.1 Å². The summed E-state index contributed by atoms with van der Waals surface area (Å²) in [4.78, 5) is 16.3. The molecule has 1 aliphatic rings. The number of hydrogen-bond acceptors (Lipinski definition) is 2. The van der Waals surface area contributed by atoms with Crippen molar-refractivity contribution in [3.63, 3.8) is 0 Å². The van der Waals surface area contributed by atoms with Gasteiger partial charge < -0.3 is 0 Å². The number of hydrogen-bond donors (Lipinski definition) is 1. The van der Waals surface area contributed by atoms with Gasteiger partial charge in [0, 0.05) is 17.5 Å². The minimum absolute atomic E-state index is 0.0607. The number of rotatable bonds is 1. The lowest BCUT2D eigenvalue weighted by atomic mass is 10.3. The Morgan fingerprint density at radius 3 is 3.06 bits per heavy atom. The fraction of sp³-hybridized carbons (Fsp3) is 0.333. The smallest absolute Gasteiger partial charge is 0.276 e. The lowest BCUT2D eigenvalue weighted by Gasteiger charge is -2.01. The first-order valence-corrected chi connectivity index (χ1v) is 5.51. The second-order valence-corrected chi connectivity index (χ2v) is 4.25. The molecule has 0 amide bonds. The number of aromatic amines is 1. The van der Waals surface area contributed by atoms with Gasteiger partial charge in [-0.05, 0) is 43.9 Å². The first kappa shape index (κ1) is 9.39. The van der Waals surface area contributed by atoms with Crippen LogP contribution in [0.4, 0.5) is 0 Å². The summed E-state index contributed by atoms with van der Waals surface area (Å²) in [5.41, 5.74) is 3.17. The average Bonchev–Trinajstić information content (AvgIpc) is 2.82. The molecule has 0 aromatic carbocycles. The zero-order valence-electron chi connectivity index (χ0n) is 9.16. The summed E-state index contributed by atoms with van der Waals surface area (Å²) in [7, 11) is 0. The average molecular weight is 215 g/mol. The van der Waals surface area contributed by atoms with Crippen molar-refractivity contribution in [2.24, 2.45) is 0 Å². The third-order valence-electron chi connectivity index (χ3n) is 3.06. The van der Waals surface area contributed by atoms with Gasteiger partial charge in [-0.2, -0.15) is 0 Å². The Hall–Kier alpha value is -1.84. The molecule has 2 aromatic heterocycles. The topological polar surface area (TPSA) is 50.7 Å².